The van der Waals surface area contributed by atoms with Gasteiger partial charge in [-0.2, -0.15) is 0 Å². The Hall–Kier alpha value is -2.55. The average molecular weight is 346 g/mol. The Balaban J connectivity index is -0.0000000369. The third kappa shape index (κ3) is 271. The van der Waals surface area contributed by atoms with E-state index in [0.29, 0.717) is 0 Å². The third-order valence-corrected chi connectivity index (χ3v) is 0. The molecule has 0 saturated heterocycles. The van der Waals surface area contributed by atoms with Crippen molar-refractivity contribution in [3.8, 4) is 0 Å². The molecule has 0 atom stereocenters. The molecule has 0 aliphatic heterocycles. The van der Waals surface area contributed by atoms with Gasteiger partial charge in [0.15, 0.2) is 0 Å². The van der Waals surface area contributed by atoms with Gasteiger partial charge < -0.3 is 61.3 Å². The SMILES string of the molecule is O=[N+]([O-])[O-].O=[N+]([O-])[O-].O=[N+]([O-])[O-].O=[N+]([O-])[O-].[Tc+4]. The fraction of sp³-hybridized carbons (Fsp3) is 0. The molecule has 99 valence electrons. The molecule has 0 spiro atoms. The quantitative estimate of drug-likeness (QED) is 0.379. The van der Waals surface area contributed by atoms with Crippen molar-refractivity contribution in [3.05, 3.63) is 61.3 Å². The van der Waals surface area contributed by atoms with Crippen molar-refractivity contribution in [1.82, 2.24) is 0 Å². The minimum absolute atomic E-state index is 0. The molecule has 0 aliphatic rings. The van der Waals surface area contributed by atoms with Crippen molar-refractivity contribution in [2.45, 2.75) is 0 Å². The van der Waals surface area contributed by atoms with Gasteiger partial charge in [0.1, 0.15) is 0 Å². The number of rotatable bonds is 0. The first kappa shape index (κ1) is 29.3. The van der Waals surface area contributed by atoms with Crippen LogP contribution in [0, 0.1) is 61.3 Å². The van der Waals surface area contributed by atoms with Crippen LogP contribution in [0.4, 0.5) is 0 Å². The summed E-state index contributed by atoms with van der Waals surface area (Å²) in [6.07, 6.45) is 0. The molecule has 0 bridgehead atoms. The molecule has 1 radical (unpaired) electrons. The molecule has 0 aromatic heterocycles. The molecule has 0 N–H and O–H groups in total. The van der Waals surface area contributed by atoms with Gasteiger partial charge in [0, 0.05) is 0 Å². The van der Waals surface area contributed by atoms with Gasteiger partial charge in [-0.05, 0) is 0 Å². The predicted octanol–water partition coefficient (Wildman–Crippen LogP) is -0.959. The van der Waals surface area contributed by atoms with Crippen LogP contribution in [0.1, 0.15) is 0 Å². The average Bonchev–Trinajstić information content (AvgIpc) is 1.76. The van der Waals surface area contributed by atoms with E-state index in [9.17, 15) is 0 Å². The summed E-state index contributed by atoms with van der Waals surface area (Å²) in [4.78, 5) is 33.0. The van der Waals surface area contributed by atoms with Gasteiger partial charge >= 0.3 is 20.1 Å². The monoisotopic (exact) mass is 345 g/mol. The fourth-order valence-corrected chi connectivity index (χ4v) is 0. The van der Waals surface area contributed by atoms with Crippen LogP contribution in [0.5, 0.6) is 0 Å². The first-order chi connectivity index (χ1) is 6.93. The van der Waals surface area contributed by atoms with Crippen molar-refractivity contribution in [2.75, 3.05) is 0 Å². The van der Waals surface area contributed by atoms with Crippen LogP contribution in [-0.4, -0.2) is 20.3 Å². The van der Waals surface area contributed by atoms with Gasteiger partial charge in [-0.1, -0.05) is 0 Å². The molecule has 0 rings (SSSR count). The Labute approximate surface area is 102 Å². The minimum atomic E-state index is -1.75. The smallest absolute Gasteiger partial charge is 0.356 e. The van der Waals surface area contributed by atoms with Gasteiger partial charge in [0.25, 0.3) is 0 Å². The summed E-state index contributed by atoms with van der Waals surface area (Å²) in [6.45, 7) is 0. The largest absolute Gasteiger partial charge is 4.00 e. The zero-order chi connectivity index (χ0) is 14.3. The van der Waals surface area contributed by atoms with E-state index >= 15 is 0 Å². The van der Waals surface area contributed by atoms with E-state index in [2.05, 4.69) is 0 Å². The molecule has 0 aliphatic carbocycles. The maximum atomic E-state index is 8.25. The number of nitrogens with zero attached hydrogens (tertiary/aromatic N) is 4. The molecule has 0 aromatic rings. The summed E-state index contributed by atoms with van der Waals surface area (Å²) in [6, 6.07) is 0. The van der Waals surface area contributed by atoms with Crippen molar-refractivity contribution < 1.29 is 40.5 Å². The van der Waals surface area contributed by atoms with E-state index in [0.717, 1.165) is 0 Å². The second-order valence-electron chi connectivity index (χ2n) is 0.894. The molecule has 0 saturated carbocycles. The van der Waals surface area contributed by atoms with Gasteiger partial charge in [0.05, 0.1) is 20.3 Å². The van der Waals surface area contributed by atoms with Crippen molar-refractivity contribution >= 4 is 0 Å². The standard InChI is InChI=1S/4NO3.Tc/c4*2-1(3)4;/q4*-1;+4. The number of hydrogen-bond acceptors (Lipinski definition) is 12. The van der Waals surface area contributed by atoms with Crippen LogP contribution >= 0.6 is 0 Å². The van der Waals surface area contributed by atoms with Crippen molar-refractivity contribution in [3.63, 3.8) is 0 Å². The first-order valence-electron chi connectivity index (χ1n) is 2.19. The molecule has 0 fully saturated rings. The summed E-state index contributed by atoms with van der Waals surface area (Å²) < 4.78 is 0. The third-order valence-electron chi connectivity index (χ3n) is 0. The number of hydrogen-bond donors (Lipinski definition) is 0. The summed E-state index contributed by atoms with van der Waals surface area (Å²) in [7, 11) is 0. The van der Waals surface area contributed by atoms with Crippen LogP contribution in [0.15, 0.2) is 0 Å². The maximum Gasteiger partial charge on any atom is 4.00 e. The summed E-state index contributed by atoms with van der Waals surface area (Å²) in [5.74, 6) is 0. The molecule has 16 nitrogen and oxygen atoms in total. The molecule has 0 heterocycles. The minimum Gasteiger partial charge on any atom is -0.356 e. The van der Waals surface area contributed by atoms with Crippen LogP contribution in [0.3, 0.4) is 0 Å². The molecule has 17 heavy (non-hydrogen) atoms. The summed E-state index contributed by atoms with van der Waals surface area (Å²) >= 11 is 0. The first-order valence-corrected chi connectivity index (χ1v) is 2.19. The molecule has 0 aromatic carbocycles. The summed E-state index contributed by atoms with van der Waals surface area (Å²) in [5, 5.41) is 59.0. The van der Waals surface area contributed by atoms with E-state index in [4.69, 9.17) is 61.3 Å². The van der Waals surface area contributed by atoms with Crippen LogP contribution < -0.4 is 0 Å². The molecule has 17 heteroatoms. The Morgan fingerprint density at radius 1 is 0.412 bits per heavy atom. The van der Waals surface area contributed by atoms with E-state index in [1.54, 1.807) is 0 Å². The Morgan fingerprint density at radius 3 is 0.412 bits per heavy atom. The van der Waals surface area contributed by atoms with E-state index in [-0.39, 0.29) is 20.1 Å². The molecule has 0 unspecified atom stereocenters. The maximum absolute atomic E-state index is 8.25. The van der Waals surface area contributed by atoms with E-state index in [1.807, 2.05) is 0 Å². The zero-order valence-corrected chi connectivity index (χ0v) is 8.92. The zero-order valence-electron chi connectivity index (χ0n) is 7.07. The van der Waals surface area contributed by atoms with Crippen LogP contribution in [0.25, 0.3) is 0 Å². The van der Waals surface area contributed by atoms with Crippen LogP contribution in [0.2, 0.25) is 0 Å². The van der Waals surface area contributed by atoms with Crippen LogP contribution in [-0.2, 0) is 20.1 Å². The van der Waals surface area contributed by atoms with Gasteiger partial charge in [-0.15, -0.1) is 0 Å². The van der Waals surface area contributed by atoms with Crippen molar-refractivity contribution in [2.24, 2.45) is 0 Å². The second-order valence-corrected chi connectivity index (χ2v) is 0.894. The van der Waals surface area contributed by atoms with E-state index < -0.39 is 20.3 Å². The fourth-order valence-electron chi connectivity index (χ4n) is 0. The Morgan fingerprint density at radius 2 is 0.412 bits per heavy atom. The molecule has 0 amide bonds. The Bertz CT molecular complexity index is 159. The molecular formula is N4O12Tc. The van der Waals surface area contributed by atoms with Gasteiger partial charge in [-0.25, -0.2) is 0 Å². The summed E-state index contributed by atoms with van der Waals surface area (Å²) in [5.41, 5.74) is 0. The van der Waals surface area contributed by atoms with Gasteiger partial charge in [-0.3, -0.25) is 0 Å². The Kier molecular flexibility index (Phi) is 40.2. The topological polar surface area (TPSA) is 265 Å². The second kappa shape index (κ2) is 23.3. The van der Waals surface area contributed by atoms with Crippen molar-refractivity contribution in [1.29, 1.82) is 0 Å². The predicted molar refractivity (Wildman–Crippen MR) is 41.4 cm³/mol. The normalized spacial score (nSPS) is 5.65. The molecular weight excluding hydrogens is 346 g/mol. The van der Waals surface area contributed by atoms with E-state index in [1.165, 1.54) is 0 Å². The van der Waals surface area contributed by atoms with Gasteiger partial charge in [0.2, 0.25) is 0 Å².